The molecule has 7 aromatic rings. The molecule has 0 fully saturated rings. The Morgan fingerprint density at radius 3 is 2.44 bits per heavy atom. The maximum absolute atomic E-state index is 13.9. The molecule has 1 atom stereocenters. The minimum atomic E-state index is -0.717. The first kappa shape index (κ1) is 28.0. The summed E-state index contributed by atoms with van der Waals surface area (Å²) in [6.45, 7) is 0. The molecule has 0 aliphatic rings. The Kier molecular flexibility index (Phi) is 7.54. The fraction of sp³-hybridized carbons (Fsp3) is 0.103. The molecule has 220 valence electrons. The average molecular weight is 590 g/mol. The summed E-state index contributed by atoms with van der Waals surface area (Å²) in [6.07, 6.45) is 4.81. The Morgan fingerprint density at radius 2 is 1.53 bits per heavy atom. The van der Waals surface area contributed by atoms with Gasteiger partial charge in [-0.15, -0.1) is 0 Å². The lowest BCUT2D eigenvalue weighted by atomic mass is 9.95. The summed E-state index contributed by atoms with van der Waals surface area (Å²) < 4.78 is 0. The van der Waals surface area contributed by atoms with Gasteiger partial charge < -0.3 is 15.4 Å². The van der Waals surface area contributed by atoms with Crippen LogP contribution in [0.2, 0.25) is 0 Å². The number of aromatic hydroxyl groups is 1. The van der Waals surface area contributed by atoms with E-state index in [1.807, 2.05) is 79.0 Å². The summed E-state index contributed by atoms with van der Waals surface area (Å²) in [7, 11) is 0. The zero-order chi connectivity index (χ0) is 30.8. The number of phenolic OH excluding ortho intramolecular Hbond substituents is 1. The standard InChI is InChI=1S/C39H31N3O3/c43-36(18-17-26-10-5-9-25-8-1-2-14-32(25)26)35(22-31-24-41-34-16-4-3-15-33(31)34)42-39(45)29-12-6-11-27(20-29)30-21-28-13-7-19-40-38(28)37(44)23-30/h1-16,19-21,23-24,35,41,44H,17-18,22H2,(H,42,45). The van der Waals surface area contributed by atoms with Crippen molar-refractivity contribution in [1.29, 1.82) is 0 Å². The van der Waals surface area contributed by atoms with Crippen LogP contribution in [0, 0.1) is 0 Å². The summed E-state index contributed by atoms with van der Waals surface area (Å²) >= 11 is 0. The van der Waals surface area contributed by atoms with Gasteiger partial charge in [0.2, 0.25) is 0 Å². The third kappa shape index (κ3) is 5.78. The van der Waals surface area contributed by atoms with Crippen molar-refractivity contribution in [3.8, 4) is 16.9 Å². The number of aromatic nitrogens is 2. The maximum Gasteiger partial charge on any atom is 0.251 e. The number of Topliss-reactive ketones (excluding diaryl/α,β-unsaturated/α-hetero) is 1. The number of hydrogen-bond donors (Lipinski definition) is 3. The van der Waals surface area contributed by atoms with Gasteiger partial charge in [-0.2, -0.15) is 0 Å². The van der Waals surface area contributed by atoms with Crippen LogP contribution in [0.1, 0.15) is 27.9 Å². The van der Waals surface area contributed by atoms with E-state index < -0.39 is 6.04 Å². The van der Waals surface area contributed by atoms with Gasteiger partial charge in [0.15, 0.2) is 5.78 Å². The molecule has 0 spiro atoms. The van der Waals surface area contributed by atoms with Crippen LogP contribution in [-0.2, 0) is 17.6 Å². The highest BCUT2D eigenvalue weighted by atomic mass is 16.3. The van der Waals surface area contributed by atoms with E-state index in [0.717, 1.165) is 49.3 Å². The molecule has 6 heteroatoms. The lowest BCUT2D eigenvalue weighted by Gasteiger charge is -2.18. The first-order valence-electron chi connectivity index (χ1n) is 15.1. The van der Waals surface area contributed by atoms with E-state index in [-0.39, 0.29) is 17.4 Å². The van der Waals surface area contributed by atoms with Crippen LogP contribution < -0.4 is 5.32 Å². The Bertz CT molecular complexity index is 2190. The lowest BCUT2D eigenvalue weighted by Crippen LogP contribution is -2.42. The topological polar surface area (TPSA) is 95.1 Å². The van der Waals surface area contributed by atoms with Crippen LogP contribution in [-0.4, -0.2) is 32.8 Å². The monoisotopic (exact) mass is 589 g/mol. The van der Waals surface area contributed by atoms with Crippen molar-refractivity contribution in [2.45, 2.75) is 25.3 Å². The molecule has 7 rings (SSSR count). The van der Waals surface area contributed by atoms with Gasteiger partial charge >= 0.3 is 0 Å². The van der Waals surface area contributed by atoms with Gasteiger partial charge in [0, 0.05) is 47.1 Å². The highest BCUT2D eigenvalue weighted by Gasteiger charge is 2.23. The van der Waals surface area contributed by atoms with Gasteiger partial charge in [-0.3, -0.25) is 14.6 Å². The molecule has 0 aliphatic heterocycles. The Labute approximate surface area is 260 Å². The summed E-state index contributed by atoms with van der Waals surface area (Å²) in [5.74, 6) is -0.273. The van der Waals surface area contributed by atoms with Crippen molar-refractivity contribution in [3.63, 3.8) is 0 Å². The summed E-state index contributed by atoms with van der Waals surface area (Å²) in [6, 6.07) is 36.1. The minimum Gasteiger partial charge on any atom is -0.506 e. The van der Waals surface area contributed by atoms with Gasteiger partial charge in [-0.25, -0.2) is 0 Å². The van der Waals surface area contributed by atoms with E-state index in [1.165, 1.54) is 0 Å². The van der Waals surface area contributed by atoms with Gasteiger partial charge in [-0.1, -0.05) is 78.9 Å². The van der Waals surface area contributed by atoms with E-state index in [1.54, 1.807) is 24.4 Å². The molecule has 0 saturated carbocycles. The number of amides is 1. The molecule has 3 N–H and O–H groups in total. The van der Waals surface area contributed by atoms with Crippen molar-refractivity contribution >= 4 is 44.3 Å². The van der Waals surface area contributed by atoms with Crippen LogP contribution in [0.25, 0.3) is 43.7 Å². The number of fused-ring (bicyclic) bond motifs is 3. The Balaban J connectivity index is 1.16. The fourth-order valence-corrected chi connectivity index (χ4v) is 6.13. The predicted octanol–water partition coefficient (Wildman–Crippen LogP) is 7.78. The van der Waals surface area contributed by atoms with Crippen molar-refractivity contribution in [2.24, 2.45) is 0 Å². The van der Waals surface area contributed by atoms with Crippen molar-refractivity contribution in [2.75, 3.05) is 0 Å². The number of carbonyl (C=O) groups excluding carboxylic acids is 2. The van der Waals surface area contributed by atoms with E-state index in [4.69, 9.17) is 0 Å². The molecule has 0 radical (unpaired) electrons. The zero-order valence-electron chi connectivity index (χ0n) is 24.5. The molecular formula is C39H31N3O3. The largest absolute Gasteiger partial charge is 0.506 e. The van der Waals surface area contributed by atoms with E-state index >= 15 is 0 Å². The van der Waals surface area contributed by atoms with Crippen LogP contribution in [0.5, 0.6) is 5.75 Å². The summed E-state index contributed by atoms with van der Waals surface area (Å²) in [4.78, 5) is 35.2. The van der Waals surface area contributed by atoms with Gasteiger partial charge in [0.1, 0.15) is 11.3 Å². The molecule has 5 aromatic carbocycles. The van der Waals surface area contributed by atoms with Crippen LogP contribution in [0.4, 0.5) is 0 Å². The normalized spacial score (nSPS) is 12.0. The second-order valence-corrected chi connectivity index (χ2v) is 11.3. The van der Waals surface area contributed by atoms with E-state index in [2.05, 4.69) is 39.6 Å². The number of rotatable bonds is 9. The molecule has 45 heavy (non-hydrogen) atoms. The van der Waals surface area contributed by atoms with Gasteiger partial charge in [0.25, 0.3) is 5.91 Å². The maximum atomic E-state index is 13.9. The third-order valence-electron chi connectivity index (χ3n) is 8.46. The van der Waals surface area contributed by atoms with Gasteiger partial charge in [-0.05, 0) is 75.8 Å². The molecule has 6 nitrogen and oxygen atoms in total. The molecule has 2 heterocycles. The number of H-pyrrole nitrogens is 1. The van der Waals surface area contributed by atoms with Crippen LogP contribution in [0.3, 0.4) is 0 Å². The Morgan fingerprint density at radius 1 is 0.756 bits per heavy atom. The fourth-order valence-electron chi connectivity index (χ4n) is 6.13. The summed E-state index contributed by atoms with van der Waals surface area (Å²) in [5.41, 5.74) is 5.58. The lowest BCUT2D eigenvalue weighted by molar-refractivity contribution is -0.120. The number of phenols is 1. The number of carbonyl (C=O) groups is 2. The highest BCUT2D eigenvalue weighted by Crippen LogP contribution is 2.31. The highest BCUT2D eigenvalue weighted by molar-refractivity contribution is 6.00. The first-order valence-corrected chi connectivity index (χ1v) is 15.1. The number of nitrogens with zero attached hydrogens (tertiary/aromatic N) is 1. The van der Waals surface area contributed by atoms with E-state index in [9.17, 15) is 14.7 Å². The van der Waals surface area contributed by atoms with Crippen molar-refractivity contribution in [1.82, 2.24) is 15.3 Å². The molecule has 2 aromatic heterocycles. The number of hydrogen-bond acceptors (Lipinski definition) is 4. The molecule has 0 bridgehead atoms. The second kappa shape index (κ2) is 12.1. The van der Waals surface area contributed by atoms with Crippen molar-refractivity contribution in [3.05, 3.63) is 144 Å². The number of nitrogens with one attached hydrogen (secondary N) is 2. The molecule has 0 aliphatic carbocycles. The number of ketones is 1. The smallest absolute Gasteiger partial charge is 0.251 e. The number of para-hydroxylation sites is 1. The van der Waals surface area contributed by atoms with Crippen molar-refractivity contribution < 1.29 is 14.7 Å². The summed E-state index contributed by atoms with van der Waals surface area (Å²) in [5, 5.41) is 17.8. The average Bonchev–Trinajstić information content (AvgIpc) is 3.49. The van der Waals surface area contributed by atoms with Gasteiger partial charge in [0.05, 0.1) is 6.04 Å². The molecular weight excluding hydrogens is 558 g/mol. The first-order chi connectivity index (χ1) is 22.0. The third-order valence-corrected chi connectivity index (χ3v) is 8.46. The predicted molar refractivity (Wildman–Crippen MR) is 179 cm³/mol. The van der Waals surface area contributed by atoms with Crippen LogP contribution in [0.15, 0.2) is 128 Å². The number of benzene rings is 5. The second-order valence-electron chi connectivity index (χ2n) is 11.3. The van der Waals surface area contributed by atoms with Crippen LogP contribution >= 0.6 is 0 Å². The molecule has 1 amide bonds. The molecule has 1 unspecified atom stereocenters. The number of aromatic amines is 1. The van der Waals surface area contributed by atoms with E-state index in [0.29, 0.717) is 30.3 Å². The number of pyridine rings is 1. The zero-order valence-corrected chi connectivity index (χ0v) is 24.5. The quantitative estimate of drug-likeness (QED) is 0.160. The minimum absolute atomic E-state index is 0.0235. The number of aryl methyl sites for hydroxylation is 1. The Hall–Kier alpha value is -5.75. The SMILES string of the molecule is O=C(NC(Cc1c[nH]c2ccccc12)C(=O)CCc1cccc2ccccc12)c1cccc(-c2cc(O)c3ncccc3c2)c1. The molecule has 0 saturated heterocycles.